The minimum absolute atomic E-state index is 0.168. The second kappa shape index (κ2) is 31.1. The van der Waals surface area contributed by atoms with E-state index in [2.05, 4.69) is 36.5 Å². The summed E-state index contributed by atoms with van der Waals surface area (Å²) in [6.45, 7) is 3.76. The molecule has 4 heteroatoms. The molecule has 0 aromatic heterocycles. The first-order valence-corrected chi connectivity index (χ1v) is 16.7. The first-order valence-electron chi connectivity index (χ1n) is 16.7. The maximum Gasteiger partial charge on any atom is 0.220 e. The van der Waals surface area contributed by atoms with Crippen LogP contribution in [-0.4, -0.2) is 34.9 Å². The normalized spacial score (nSPS) is 13.6. The summed E-state index contributed by atoms with van der Waals surface area (Å²) in [6.07, 6.45) is 41.5. The Labute approximate surface area is 242 Å². The molecule has 2 unspecified atom stereocenters. The topological polar surface area (TPSA) is 69.6 Å². The maximum atomic E-state index is 11.4. The fraction of sp³-hybridized carbons (Fsp3) is 0.800. The highest BCUT2D eigenvalue weighted by molar-refractivity contribution is 5.75. The Morgan fingerprint density at radius 2 is 0.974 bits per heavy atom. The monoisotopic (exact) mass is 547 g/mol. The summed E-state index contributed by atoms with van der Waals surface area (Å²) >= 11 is 0. The Kier molecular flexibility index (Phi) is 30.0. The van der Waals surface area contributed by atoms with Crippen molar-refractivity contribution in [3.63, 3.8) is 0 Å². The van der Waals surface area contributed by atoms with Crippen molar-refractivity contribution in [2.45, 2.75) is 174 Å². The first kappa shape index (κ1) is 37.6. The molecule has 228 valence electrons. The number of rotatable bonds is 29. The van der Waals surface area contributed by atoms with Crippen molar-refractivity contribution in [1.29, 1.82) is 0 Å². The molecule has 0 saturated heterocycles. The van der Waals surface area contributed by atoms with Gasteiger partial charge in [-0.2, -0.15) is 0 Å². The predicted octanol–water partition coefficient (Wildman–Crippen LogP) is 9.51. The Morgan fingerprint density at radius 1 is 0.590 bits per heavy atom. The van der Waals surface area contributed by atoms with Crippen LogP contribution in [0.3, 0.4) is 0 Å². The summed E-state index contributed by atoms with van der Waals surface area (Å²) in [7, 11) is 0. The summed E-state index contributed by atoms with van der Waals surface area (Å²) in [6, 6.07) is -0.639. The van der Waals surface area contributed by atoms with E-state index >= 15 is 0 Å². The second-order valence-corrected chi connectivity index (χ2v) is 11.2. The molecule has 0 heterocycles. The summed E-state index contributed by atoms with van der Waals surface area (Å²) in [5, 5.41) is 22.0. The third-order valence-electron chi connectivity index (χ3n) is 7.42. The van der Waals surface area contributed by atoms with E-state index in [1.165, 1.54) is 116 Å². The number of allylic oxidation sites excluding steroid dienone is 5. The van der Waals surface area contributed by atoms with Crippen LogP contribution in [0, 0.1) is 0 Å². The molecule has 0 aliphatic carbocycles. The van der Waals surface area contributed by atoms with Crippen LogP contribution < -0.4 is 5.32 Å². The van der Waals surface area contributed by atoms with Crippen molar-refractivity contribution in [1.82, 2.24) is 5.32 Å². The van der Waals surface area contributed by atoms with Crippen LogP contribution in [0.2, 0.25) is 0 Å². The van der Waals surface area contributed by atoms with Crippen LogP contribution >= 0.6 is 0 Å². The van der Waals surface area contributed by atoms with E-state index in [1.807, 2.05) is 6.08 Å². The number of carbonyl (C=O) groups is 1. The van der Waals surface area contributed by atoms with Crippen molar-refractivity contribution < 1.29 is 15.0 Å². The lowest BCUT2D eigenvalue weighted by molar-refractivity contribution is -0.122. The Balaban J connectivity index is 3.41. The Morgan fingerprint density at radius 3 is 1.38 bits per heavy atom. The molecule has 0 fully saturated rings. The molecular weight excluding hydrogens is 482 g/mol. The van der Waals surface area contributed by atoms with Gasteiger partial charge in [0.15, 0.2) is 0 Å². The highest BCUT2D eigenvalue weighted by Gasteiger charge is 2.17. The average molecular weight is 548 g/mol. The number of aliphatic hydroxyl groups is 2. The molecule has 3 N–H and O–H groups in total. The summed E-state index contributed by atoms with van der Waals surface area (Å²) in [5.74, 6) is -0.168. The fourth-order valence-corrected chi connectivity index (χ4v) is 4.76. The van der Waals surface area contributed by atoms with E-state index in [-0.39, 0.29) is 12.5 Å². The standard InChI is InChI=1S/C35H65NO3/c1-3-5-6-7-8-9-10-11-12-13-14-15-16-17-18-19-20-21-22-23-24-25-26-27-28-29-30-31-34(38)33(32-37)36-35(39)4-2/h22-23,26-27,30-31,33-34,37-38H,3-21,24-25,28-29,32H2,1-2H3,(H,36,39)/b23-22+,27-26+,31-30+. The number of carbonyl (C=O) groups excluding carboxylic acids is 1. The molecule has 0 aromatic rings. The zero-order valence-corrected chi connectivity index (χ0v) is 25.9. The van der Waals surface area contributed by atoms with E-state index in [1.54, 1.807) is 13.0 Å². The van der Waals surface area contributed by atoms with Crippen LogP contribution in [0.25, 0.3) is 0 Å². The van der Waals surface area contributed by atoms with Gasteiger partial charge in [-0.1, -0.05) is 153 Å². The van der Waals surface area contributed by atoms with Gasteiger partial charge in [0.1, 0.15) is 0 Å². The van der Waals surface area contributed by atoms with E-state index in [9.17, 15) is 15.0 Å². The van der Waals surface area contributed by atoms with Crippen molar-refractivity contribution >= 4 is 5.91 Å². The third-order valence-corrected chi connectivity index (χ3v) is 7.42. The van der Waals surface area contributed by atoms with Gasteiger partial charge in [0.25, 0.3) is 0 Å². The molecule has 1 amide bonds. The number of nitrogens with one attached hydrogen (secondary N) is 1. The van der Waals surface area contributed by atoms with Crippen molar-refractivity contribution in [2.75, 3.05) is 6.61 Å². The smallest absolute Gasteiger partial charge is 0.220 e. The SMILES string of the molecule is CCCCCCCCCCCCCCCCCCC/C=C/CC/C=C/CC/C=C/C(O)C(CO)NC(=O)CC. The molecule has 0 aliphatic heterocycles. The number of amides is 1. The molecule has 2 atom stereocenters. The molecule has 39 heavy (non-hydrogen) atoms. The van der Waals surface area contributed by atoms with Gasteiger partial charge in [-0.25, -0.2) is 0 Å². The lowest BCUT2D eigenvalue weighted by Gasteiger charge is -2.19. The highest BCUT2D eigenvalue weighted by atomic mass is 16.3. The van der Waals surface area contributed by atoms with Crippen molar-refractivity contribution in [3.05, 3.63) is 36.5 Å². The van der Waals surface area contributed by atoms with Crippen molar-refractivity contribution in [2.24, 2.45) is 0 Å². The third kappa shape index (κ3) is 28.0. The maximum absolute atomic E-state index is 11.4. The largest absolute Gasteiger partial charge is 0.394 e. The molecule has 0 rings (SSSR count). The Hall–Kier alpha value is -1.39. The van der Waals surface area contributed by atoms with E-state index in [0.717, 1.165) is 25.7 Å². The van der Waals surface area contributed by atoms with Crippen LogP contribution in [0.1, 0.15) is 162 Å². The summed E-state index contributed by atoms with van der Waals surface area (Å²) < 4.78 is 0. The lowest BCUT2D eigenvalue weighted by atomic mass is 10.0. The number of unbranched alkanes of at least 4 members (excludes halogenated alkanes) is 19. The Bertz CT molecular complexity index is 599. The quantitative estimate of drug-likeness (QED) is 0.0645. The van der Waals surface area contributed by atoms with E-state index in [4.69, 9.17) is 0 Å². The molecule has 0 aromatic carbocycles. The van der Waals surface area contributed by atoms with Crippen LogP contribution in [0.4, 0.5) is 0 Å². The summed E-state index contributed by atoms with van der Waals surface area (Å²) in [4.78, 5) is 11.4. The van der Waals surface area contributed by atoms with Gasteiger partial charge in [0.05, 0.1) is 18.8 Å². The van der Waals surface area contributed by atoms with Gasteiger partial charge in [0.2, 0.25) is 5.91 Å². The highest BCUT2D eigenvalue weighted by Crippen LogP contribution is 2.14. The van der Waals surface area contributed by atoms with Gasteiger partial charge in [0, 0.05) is 6.42 Å². The fourth-order valence-electron chi connectivity index (χ4n) is 4.76. The summed E-state index contributed by atoms with van der Waals surface area (Å²) in [5.41, 5.74) is 0. The molecule has 0 bridgehead atoms. The van der Waals surface area contributed by atoms with Crippen LogP contribution in [-0.2, 0) is 4.79 Å². The second-order valence-electron chi connectivity index (χ2n) is 11.2. The number of hydrogen-bond acceptors (Lipinski definition) is 3. The molecule has 0 saturated carbocycles. The van der Waals surface area contributed by atoms with E-state index in [0.29, 0.717) is 6.42 Å². The zero-order chi connectivity index (χ0) is 28.7. The minimum Gasteiger partial charge on any atom is -0.394 e. The zero-order valence-electron chi connectivity index (χ0n) is 25.9. The number of hydrogen-bond donors (Lipinski definition) is 3. The van der Waals surface area contributed by atoms with Gasteiger partial charge < -0.3 is 15.5 Å². The van der Waals surface area contributed by atoms with Gasteiger partial charge >= 0.3 is 0 Å². The van der Waals surface area contributed by atoms with Gasteiger partial charge in [-0.15, -0.1) is 0 Å². The lowest BCUT2D eigenvalue weighted by Crippen LogP contribution is -2.44. The van der Waals surface area contributed by atoms with Crippen LogP contribution in [0.15, 0.2) is 36.5 Å². The average Bonchev–Trinajstić information content (AvgIpc) is 2.95. The molecule has 0 aliphatic rings. The number of aliphatic hydroxyl groups excluding tert-OH is 2. The van der Waals surface area contributed by atoms with Crippen LogP contribution in [0.5, 0.6) is 0 Å². The minimum atomic E-state index is -0.862. The van der Waals surface area contributed by atoms with Crippen molar-refractivity contribution in [3.8, 4) is 0 Å². The molecule has 4 nitrogen and oxygen atoms in total. The predicted molar refractivity (Wildman–Crippen MR) is 170 cm³/mol. The first-order chi connectivity index (χ1) is 19.2. The molecule has 0 radical (unpaired) electrons. The van der Waals surface area contributed by atoms with Gasteiger partial charge in [-0.3, -0.25) is 4.79 Å². The molecular formula is C35H65NO3. The molecule has 0 spiro atoms. The van der Waals surface area contributed by atoms with Gasteiger partial charge in [-0.05, 0) is 38.5 Å². The van der Waals surface area contributed by atoms with E-state index < -0.39 is 12.1 Å².